The maximum absolute atomic E-state index is 11.2. The molecule has 0 aliphatic rings. The predicted octanol–water partition coefficient (Wildman–Crippen LogP) is 0.562. The van der Waals surface area contributed by atoms with Gasteiger partial charge in [0, 0.05) is 6.04 Å². The highest BCUT2D eigenvalue weighted by Gasteiger charge is 2.06. The normalized spacial score (nSPS) is 11.9. The number of para-hydroxylation sites is 1. The van der Waals surface area contributed by atoms with Crippen molar-refractivity contribution in [3.8, 4) is 5.75 Å². The first-order chi connectivity index (χ1) is 7.22. The van der Waals surface area contributed by atoms with Crippen molar-refractivity contribution in [3.05, 3.63) is 30.3 Å². The molecule has 1 unspecified atom stereocenters. The smallest absolute Gasteiger partial charge is 0.258 e. The molecule has 1 rings (SSSR count). The van der Waals surface area contributed by atoms with E-state index in [9.17, 15) is 4.79 Å². The molecule has 1 aromatic rings. The number of carbonyl (C=O) groups is 1. The quantitative estimate of drug-likeness (QED) is 0.745. The molecule has 1 atom stereocenters. The van der Waals surface area contributed by atoms with Gasteiger partial charge in [0.15, 0.2) is 6.61 Å². The number of aliphatic hydroxyl groups excluding tert-OH is 1. The SMILES string of the molecule is CC(CO)NC(=O)COc1ccccc1. The molecule has 1 amide bonds. The second-order valence-electron chi connectivity index (χ2n) is 3.25. The van der Waals surface area contributed by atoms with Crippen molar-refractivity contribution in [1.82, 2.24) is 5.32 Å². The molecule has 0 radical (unpaired) electrons. The van der Waals surface area contributed by atoms with Gasteiger partial charge < -0.3 is 15.2 Å². The molecule has 0 aromatic heterocycles. The van der Waals surface area contributed by atoms with Crippen LogP contribution in [-0.4, -0.2) is 30.3 Å². The molecule has 0 fully saturated rings. The molecule has 0 saturated carbocycles. The number of rotatable bonds is 5. The molecule has 0 spiro atoms. The fourth-order valence-corrected chi connectivity index (χ4v) is 1.03. The molecule has 4 heteroatoms. The summed E-state index contributed by atoms with van der Waals surface area (Å²) in [6, 6.07) is 8.87. The highest BCUT2D eigenvalue weighted by atomic mass is 16.5. The van der Waals surface area contributed by atoms with Crippen LogP contribution in [0, 0.1) is 0 Å². The zero-order chi connectivity index (χ0) is 11.1. The first kappa shape index (κ1) is 11.5. The molecule has 1 aromatic carbocycles. The molecular weight excluding hydrogens is 194 g/mol. The van der Waals surface area contributed by atoms with E-state index in [2.05, 4.69) is 5.32 Å². The zero-order valence-corrected chi connectivity index (χ0v) is 8.64. The van der Waals surface area contributed by atoms with Gasteiger partial charge in [-0.2, -0.15) is 0 Å². The monoisotopic (exact) mass is 209 g/mol. The van der Waals surface area contributed by atoms with Crippen LogP contribution in [0.4, 0.5) is 0 Å². The summed E-state index contributed by atoms with van der Waals surface area (Å²) in [6.45, 7) is 1.62. The van der Waals surface area contributed by atoms with E-state index < -0.39 is 0 Å². The van der Waals surface area contributed by atoms with Crippen molar-refractivity contribution in [2.24, 2.45) is 0 Å². The summed E-state index contributed by atoms with van der Waals surface area (Å²) in [6.07, 6.45) is 0. The average molecular weight is 209 g/mol. The average Bonchev–Trinajstić information content (AvgIpc) is 2.27. The highest BCUT2D eigenvalue weighted by Crippen LogP contribution is 2.07. The van der Waals surface area contributed by atoms with Crippen molar-refractivity contribution in [2.45, 2.75) is 13.0 Å². The van der Waals surface area contributed by atoms with Crippen LogP contribution in [-0.2, 0) is 4.79 Å². The van der Waals surface area contributed by atoms with Crippen LogP contribution >= 0.6 is 0 Å². The number of carbonyl (C=O) groups excluding carboxylic acids is 1. The minimum atomic E-state index is -0.239. The standard InChI is InChI=1S/C11H15NO3/c1-9(7-13)12-11(14)8-15-10-5-3-2-4-6-10/h2-6,9,13H,7-8H2,1H3,(H,12,14). The Kier molecular flexibility index (Phi) is 4.63. The predicted molar refractivity (Wildman–Crippen MR) is 56.6 cm³/mol. The molecule has 0 heterocycles. The van der Waals surface area contributed by atoms with E-state index in [0.29, 0.717) is 5.75 Å². The zero-order valence-electron chi connectivity index (χ0n) is 8.64. The molecule has 0 aliphatic heterocycles. The second kappa shape index (κ2) is 6.03. The number of hydrogen-bond acceptors (Lipinski definition) is 3. The van der Waals surface area contributed by atoms with Crippen LogP contribution < -0.4 is 10.1 Å². The topological polar surface area (TPSA) is 58.6 Å². The third kappa shape index (κ3) is 4.46. The van der Waals surface area contributed by atoms with Gasteiger partial charge in [-0.05, 0) is 19.1 Å². The number of aliphatic hydroxyl groups is 1. The lowest BCUT2D eigenvalue weighted by Crippen LogP contribution is -2.38. The lowest BCUT2D eigenvalue weighted by molar-refractivity contribution is -0.123. The number of hydrogen-bond donors (Lipinski definition) is 2. The number of amides is 1. The van der Waals surface area contributed by atoms with Gasteiger partial charge in [0.25, 0.3) is 5.91 Å². The van der Waals surface area contributed by atoms with Crippen LogP contribution in [0.25, 0.3) is 0 Å². The second-order valence-corrected chi connectivity index (χ2v) is 3.25. The van der Waals surface area contributed by atoms with Crippen LogP contribution in [0.2, 0.25) is 0 Å². The number of benzene rings is 1. The van der Waals surface area contributed by atoms with Crippen molar-refractivity contribution in [1.29, 1.82) is 0 Å². The van der Waals surface area contributed by atoms with E-state index in [-0.39, 0.29) is 25.2 Å². The van der Waals surface area contributed by atoms with Crippen LogP contribution in [0.5, 0.6) is 5.75 Å². The van der Waals surface area contributed by atoms with Gasteiger partial charge >= 0.3 is 0 Å². The minimum Gasteiger partial charge on any atom is -0.484 e. The summed E-state index contributed by atoms with van der Waals surface area (Å²) in [5.74, 6) is 0.421. The first-order valence-electron chi connectivity index (χ1n) is 4.80. The lowest BCUT2D eigenvalue weighted by atomic mass is 10.3. The van der Waals surface area contributed by atoms with Crippen molar-refractivity contribution in [2.75, 3.05) is 13.2 Å². The van der Waals surface area contributed by atoms with Gasteiger partial charge in [-0.3, -0.25) is 4.79 Å². The Bertz CT molecular complexity index is 300. The molecule has 82 valence electrons. The number of ether oxygens (including phenoxy) is 1. The Morgan fingerprint density at radius 3 is 2.73 bits per heavy atom. The van der Waals surface area contributed by atoms with E-state index in [4.69, 9.17) is 9.84 Å². The molecule has 0 bridgehead atoms. The summed E-state index contributed by atoms with van der Waals surface area (Å²) >= 11 is 0. The molecule has 2 N–H and O–H groups in total. The van der Waals surface area contributed by atoms with Crippen molar-refractivity contribution >= 4 is 5.91 Å². The molecule has 4 nitrogen and oxygen atoms in total. The van der Waals surface area contributed by atoms with Crippen molar-refractivity contribution < 1.29 is 14.6 Å². The highest BCUT2D eigenvalue weighted by molar-refractivity contribution is 5.77. The maximum Gasteiger partial charge on any atom is 0.258 e. The van der Waals surface area contributed by atoms with Gasteiger partial charge in [-0.15, -0.1) is 0 Å². The fraction of sp³-hybridized carbons (Fsp3) is 0.364. The molecule has 0 aliphatic carbocycles. The summed E-state index contributed by atoms with van der Waals surface area (Å²) in [5, 5.41) is 11.3. The number of nitrogens with one attached hydrogen (secondary N) is 1. The van der Waals surface area contributed by atoms with Crippen LogP contribution in [0.3, 0.4) is 0 Å². The summed E-state index contributed by atoms with van der Waals surface area (Å²) in [5.41, 5.74) is 0. The summed E-state index contributed by atoms with van der Waals surface area (Å²) in [7, 11) is 0. The Labute approximate surface area is 88.9 Å². The summed E-state index contributed by atoms with van der Waals surface area (Å²) < 4.78 is 5.22. The third-order valence-corrected chi connectivity index (χ3v) is 1.79. The lowest BCUT2D eigenvalue weighted by Gasteiger charge is -2.11. The van der Waals surface area contributed by atoms with Gasteiger partial charge in [0.1, 0.15) is 5.75 Å². The van der Waals surface area contributed by atoms with E-state index >= 15 is 0 Å². The van der Waals surface area contributed by atoms with Gasteiger partial charge in [0.05, 0.1) is 6.61 Å². The molecule has 15 heavy (non-hydrogen) atoms. The molecule has 0 saturated heterocycles. The Morgan fingerprint density at radius 2 is 2.13 bits per heavy atom. The third-order valence-electron chi connectivity index (χ3n) is 1.79. The summed E-state index contributed by atoms with van der Waals surface area (Å²) in [4.78, 5) is 11.2. The largest absolute Gasteiger partial charge is 0.484 e. The van der Waals surface area contributed by atoms with Gasteiger partial charge in [-0.1, -0.05) is 18.2 Å². The first-order valence-corrected chi connectivity index (χ1v) is 4.80. The van der Waals surface area contributed by atoms with E-state index in [1.807, 2.05) is 18.2 Å². The van der Waals surface area contributed by atoms with Gasteiger partial charge in [-0.25, -0.2) is 0 Å². The van der Waals surface area contributed by atoms with Crippen molar-refractivity contribution in [3.63, 3.8) is 0 Å². The van der Waals surface area contributed by atoms with E-state index in [0.717, 1.165) is 0 Å². The van der Waals surface area contributed by atoms with Crippen LogP contribution in [0.15, 0.2) is 30.3 Å². The van der Waals surface area contributed by atoms with E-state index in [1.165, 1.54) is 0 Å². The maximum atomic E-state index is 11.2. The Balaban J connectivity index is 2.29. The Morgan fingerprint density at radius 1 is 1.47 bits per heavy atom. The van der Waals surface area contributed by atoms with Gasteiger partial charge in [0.2, 0.25) is 0 Å². The Hall–Kier alpha value is -1.55. The van der Waals surface area contributed by atoms with E-state index in [1.54, 1.807) is 19.1 Å². The minimum absolute atomic E-state index is 0.0334. The fourth-order valence-electron chi connectivity index (χ4n) is 1.03. The van der Waals surface area contributed by atoms with Crippen LogP contribution in [0.1, 0.15) is 6.92 Å². The molecular formula is C11H15NO3.